The van der Waals surface area contributed by atoms with Crippen molar-refractivity contribution in [3.8, 4) is 11.5 Å². The van der Waals surface area contributed by atoms with Gasteiger partial charge in [-0.15, -0.1) is 10.2 Å². The second-order valence-corrected chi connectivity index (χ2v) is 9.99. The quantitative estimate of drug-likeness (QED) is 0.128. The molecule has 0 fully saturated rings. The number of hydrogen-bond donors (Lipinski definition) is 4. The van der Waals surface area contributed by atoms with Crippen LogP contribution in [0, 0.1) is 11.6 Å². The summed E-state index contributed by atoms with van der Waals surface area (Å²) in [6, 6.07) is 8.83. The van der Waals surface area contributed by atoms with E-state index in [1.165, 1.54) is 19.2 Å². The van der Waals surface area contributed by atoms with Crippen LogP contribution in [-0.2, 0) is 11.3 Å². The van der Waals surface area contributed by atoms with Crippen LogP contribution in [0.4, 0.5) is 20.2 Å². The maximum absolute atomic E-state index is 14.8. The minimum Gasteiger partial charge on any atom is -0.504 e. The summed E-state index contributed by atoms with van der Waals surface area (Å²) in [6.45, 7) is 2.52. The third-order valence-electron chi connectivity index (χ3n) is 6.00. The number of benzene rings is 3. The lowest BCUT2D eigenvalue weighted by molar-refractivity contribution is -0.121. The normalized spacial score (nSPS) is 10.9. The first kappa shape index (κ1) is 33.2. The van der Waals surface area contributed by atoms with Gasteiger partial charge >= 0.3 is 0 Å². The molecule has 3 aromatic rings. The van der Waals surface area contributed by atoms with E-state index in [0.29, 0.717) is 12.1 Å². The van der Waals surface area contributed by atoms with Gasteiger partial charge in [0.1, 0.15) is 11.4 Å². The number of unbranched alkanes of at least 4 members (excludes halogenated alkanes) is 1. The summed E-state index contributed by atoms with van der Waals surface area (Å²) in [4.78, 5) is 36.8. The average molecular weight is 636 g/mol. The Balaban J connectivity index is 1.58. The molecule has 0 heterocycles. The Morgan fingerprint density at radius 3 is 1.93 bits per heavy atom. The smallest absolute Gasteiger partial charge is 0.251 e. The average Bonchev–Trinajstić information content (AvgIpc) is 2.97. The van der Waals surface area contributed by atoms with Crippen LogP contribution in [0.25, 0.3) is 0 Å². The van der Waals surface area contributed by atoms with Crippen LogP contribution in [0.1, 0.15) is 52.5 Å². The fourth-order valence-corrected chi connectivity index (χ4v) is 4.17. The zero-order valence-corrected chi connectivity index (χ0v) is 24.8. The molecule has 43 heavy (non-hydrogen) atoms. The molecule has 0 bridgehead atoms. The molecular formula is C29H29Cl2F2N5O5. The number of carbonyl (C=O) groups excluding carboxylic acids is 3. The lowest BCUT2D eigenvalue weighted by Gasteiger charge is -2.09. The topological polar surface area (TPSA) is 141 Å². The van der Waals surface area contributed by atoms with Gasteiger partial charge in [-0.25, -0.2) is 8.78 Å². The van der Waals surface area contributed by atoms with E-state index >= 15 is 0 Å². The van der Waals surface area contributed by atoms with Gasteiger partial charge in [0.25, 0.3) is 11.8 Å². The number of nitrogens with one attached hydrogen (secondary N) is 3. The van der Waals surface area contributed by atoms with Crippen molar-refractivity contribution in [3.63, 3.8) is 0 Å². The van der Waals surface area contributed by atoms with E-state index in [4.69, 9.17) is 27.9 Å². The Morgan fingerprint density at radius 2 is 1.42 bits per heavy atom. The van der Waals surface area contributed by atoms with Gasteiger partial charge in [-0.2, -0.15) is 0 Å². The Hall–Kier alpha value is -4.29. The first-order valence-electron chi connectivity index (χ1n) is 13.1. The van der Waals surface area contributed by atoms with Crippen molar-refractivity contribution in [3.05, 3.63) is 80.8 Å². The van der Waals surface area contributed by atoms with E-state index in [2.05, 4.69) is 26.2 Å². The highest BCUT2D eigenvalue weighted by molar-refractivity contribution is 6.34. The molecular weight excluding hydrogens is 607 g/mol. The third kappa shape index (κ3) is 9.35. The van der Waals surface area contributed by atoms with Crippen molar-refractivity contribution in [1.29, 1.82) is 0 Å². The molecule has 0 aromatic heterocycles. The summed E-state index contributed by atoms with van der Waals surface area (Å²) < 4.78 is 34.5. The molecule has 0 aliphatic carbocycles. The highest BCUT2D eigenvalue weighted by Gasteiger charge is 2.17. The maximum Gasteiger partial charge on any atom is 0.251 e. The van der Waals surface area contributed by atoms with E-state index in [9.17, 15) is 28.3 Å². The Kier molecular flexibility index (Phi) is 12.2. The van der Waals surface area contributed by atoms with Gasteiger partial charge in [-0.1, -0.05) is 42.6 Å². The summed E-state index contributed by atoms with van der Waals surface area (Å²) in [5.41, 5.74) is -0.331. The molecule has 4 N–H and O–H groups in total. The lowest BCUT2D eigenvalue weighted by atomic mass is 10.1. The van der Waals surface area contributed by atoms with Crippen LogP contribution in [-0.4, -0.2) is 43.0 Å². The molecule has 0 aliphatic heterocycles. The first-order chi connectivity index (χ1) is 20.5. The number of phenols is 1. The number of methoxy groups -OCH3 is 1. The third-order valence-corrected chi connectivity index (χ3v) is 6.57. The number of azo groups is 1. The zero-order chi connectivity index (χ0) is 31.5. The van der Waals surface area contributed by atoms with E-state index in [-0.39, 0.29) is 58.1 Å². The van der Waals surface area contributed by atoms with Gasteiger partial charge in [0.05, 0.1) is 17.2 Å². The molecule has 14 heteroatoms. The molecule has 0 spiro atoms. The molecule has 0 aliphatic rings. The number of rotatable bonds is 13. The monoisotopic (exact) mass is 635 g/mol. The lowest BCUT2D eigenvalue weighted by Crippen LogP contribution is -2.30. The molecule has 3 amide bonds. The van der Waals surface area contributed by atoms with Gasteiger partial charge in [0.2, 0.25) is 5.91 Å². The highest BCUT2D eigenvalue weighted by atomic mass is 35.5. The molecule has 0 saturated carbocycles. The Labute approximate surface area is 256 Å². The largest absolute Gasteiger partial charge is 0.504 e. The summed E-state index contributed by atoms with van der Waals surface area (Å²) in [5.74, 6) is -3.27. The first-order valence-corrected chi connectivity index (χ1v) is 13.9. The number of hydrogen-bond acceptors (Lipinski definition) is 7. The van der Waals surface area contributed by atoms with Gasteiger partial charge in [0, 0.05) is 37.2 Å². The van der Waals surface area contributed by atoms with Gasteiger partial charge in [0.15, 0.2) is 23.1 Å². The summed E-state index contributed by atoms with van der Waals surface area (Å²) >= 11 is 12.2. The maximum atomic E-state index is 14.8. The van der Waals surface area contributed by atoms with Crippen LogP contribution < -0.4 is 20.7 Å². The van der Waals surface area contributed by atoms with Crippen molar-refractivity contribution in [2.45, 2.75) is 32.7 Å². The molecule has 0 saturated heterocycles. The van der Waals surface area contributed by atoms with Crippen molar-refractivity contribution in [2.24, 2.45) is 10.2 Å². The number of aromatic hydroxyl groups is 1. The predicted molar refractivity (Wildman–Crippen MR) is 158 cm³/mol. The van der Waals surface area contributed by atoms with Crippen LogP contribution in [0.3, 0.4) is 0 Å². The summed E-state index contributed by atoms with van der Waals surface area (Å²) in [5, 5.41) is 24.3. The minimum atomic E-state index is -1.01. The Bertz CT molecular complexity index is 1490. The summed E-state index contributed by atoms with van der Waals surface area (Å²) in [7, 11) is 1.41. The minimum absolute atomic E-state index is 0.00683. The molecule has 3 rings (SSSR count). The van der Waals surface area contributed by atoms with Crippen LogP contribution >= 0.6 is 23.2 Å². The van der Waals surface area contributed by atoms with E-state index < -0.39 is 34.8 Å². The molecule has 0 radical (unpaired) electrons. The number of amides is 3. The van der Waals surface area contributed by atoms with E-state index in [0.717, 1.165) is 31.0 Å². The van der Waals surface area contributed by atoms with Crippen LogP contribution in [0.2, 0.25) is 10.0 Å². The molecule has 0 unspecified atom stereocenters. The van der Waals surface area contributed by atoms with Crippen LogP contribution in [0.5, 0.6) is 11.5 Å². The van der Waals surface area contributed by atoms with Gasteiger partial charge in [-0.05, 0) is 48.4 Å². The fraction of sp³-hybridized carbons (Fsp3) is 0.276. The predicted octanol–water partition coefficient (Wildman–Crippen LogP) is 6.37. The van der Waals surface area contributed by atoms with Gasteiger partial charge < -0.3 is 25.8 Å². The number of halogens is 4. The molecule has 10 nitrogen and oxygen atoms in total. The second-order valence-electron chi connectivity index (χ2n) is 9.18. The molecule has 0 atom stereocenters. The van der Waals surface area contributed by atoms with E-state index in [1.807, 2.05) is 6.92 Å². The van der Waals surface area contributed by atoms with Crippen molar-refractivity contribution in [1.82, 2.24) is 16.0 Å². The SMILES string of the molecule is CCCCNC(=O)c1cc(F)c(N=Nc2c(F)cc(C(=O)NCCC(=O)NCc3ccc(O)c(OC)c3)cc2Cl)c(Cl)c1. The zero-order valence-electron chi connectivity index (χ0n) is 23.3. The second kappa shape index (κ2) is 15.8. The van der Waals surface area contributed by atoms with Gasteiger partial charge in [-0.3, -0.25) is 14.4 Å². The standard InChI is InChI=1S/C29H29Cl2F2N5O5/c1-3-4-8-34-28(41)17-11-19(30)26(21(32)13-17)37-38-27-20(31)12-18(14-22(27)33)29(42)35-9-7-25(40)36-15-16-5-6-23(39)24(10-16)43-2/h5-6,10-14,39H,3-4,7-9,15H2,1-2H3,(H,34,41)(H,35,42)(H,36,40). The molecule has 228 valence electrons. The fourth-order valence-electron chi connectivity index (χ4n) is 3.68. The van der Waals surface area contributed by atoms with Crippen molar-refractivity contribution in [2.75, 3.05) is 20.2 Å². The number of ether oxygens (including phenoxy) is 1. The highest BCUT2D eigenvalue weighted by Crippen LogP contribution is 2.35. The number of phenolic OH excluding ortho intramolecular Hbond substituents is 1. The Morgan fingerprint density at radius 1 is 0.860 bits per heavy atom. The molecule has 3 aromatic carbocycles. The van der Waals surface area contributed by atoms with E-state index in [1.54, 1.807) is 12.1 Å². The number of carbonyl (C=O) groups is 3. The number of nitrogens with zero attached hydrogens (tertiary/aromatic N) is 2. The van der Waals surface area contributed by atoms with Crippen molar-refractivity contribution >= 4 is 52.3 Å². The van der Waals surface area contributed by atoms with Crippen molar-refractivity contribution < 1.29 is 33.0 Å². The van der Waals surface area contributed by atoms with Crippen LogP contribution in [0.15, 0.2) is 52.7 Å². The summed E-state index contributed by atoms with van der Waals surface area (Å²) in [6.07, 6.45) is 1.58.